The zero-order valence-electron chi connectivity index (χ0n) is 19.9. The third kappa shape index (κ3) is 5.62. The molecule has 0 atom stereocenters. The zero-order valence-corrected chi connectivity index (χ0v) is 19.9. The van der Waals surface area contributed by atoms with Gasteiger partial charge in [0.25, 0.3) is 5.56 Å². The Morgan fingerprint density at radius 1 is 1.00 bits per heavy atom. The van der Waals surface area contributed by atoms with Gasteiger partial charge in [0, 0.05) is 25.4 Å². The molecule has 0 saturated heterocycles. The summed E-state index contributed by atoms with van der Waals surface area (Å²) in [4.78, 5) is 51.1. The van der Waals surface area contributed by atoms with Crippen LogP contribution in [0.25, 0.3) is 10.9 Å². The highest BCUT2D eigenvalue weighted by atomic mass is 16.7. The van der Waals surface area contributed by atoms with E-state index in [-0.39, 0.29) is 44.0 Å². The Balaban J connectivity index is 1.53. The molecule has 0 unspecified atom stereocenters. The summed E-state index contributed by atoms with van der Waals surface area (Å²) in [5, 5.41) is 3.20. The molecule has 184 valence electrons. The van der Waals surface area contributed by atoms with Crippen molar-refractivity contribution in [3.05, 3.63) is 68.9 Å². The maximum absolute atomic E-state index is 13.3. The van der Waals surface area contributed by atoms with Gasteiger partial charge in [-0.1, -0.05) is 18.2 Å². The van der Waals surface area contributed by atoms with Crippen molar-refractivity contribution in [2.24, 2.45) is 0 Å². The summed E-state index contributed by atoms with van der Waals surface area (Å²) in [7, 11) is 0. The van der Waals surface area contributed by atoms with Crippen LogP contribution in [0.3, 0.4) is 0 Å². The van der Waals surface area contributed by atoms with Gasteiger partial charge in [0.05, 0.1) is 17.4 Å². The number of ether oxygens (including phenoxy) is 2. The number of fused-ring (bicyclic) bond motifs is 2. The van der Waals surface area contributed by atoms with Gasteiger partial charge in [-0.3, -0.25) is 23.5 Å². The molecule has 1 aliphatic heterocycles. The first-order valence-electron chi connectivity index (χ1n) is 11.8. The quantitative estimate of drug-likeness (QED) is 0.448. The lowest BCUT2D eigenvalue weighted by Gasteiger charge is -2.14. The highest BCUT2D eigenvalue weighted by Crippen LogP contribution is 2.32. The highest BCUT2D eigenvalue weighted by molar-refractivity contribution is 5.84. The number of Topliss-reactive ketones (excluding diaryl/α,β-unsaturated/α-hetero) is 1. The Labute approximate surface area is 202 Å². The molecule has 0 radical (unpaired) electrons. The minimum Gasteiger partial charge on any atom is -0.454 e. The lowest BCUT2D eigenvalue weighted by atomic mass is 10.1. The minimum atomic E-state index is -0.528. The summed E-state index contributed by atoms with van der Waals surface area (Å²) in [5.41, 5.74) is 0.259. The number of hydrogen-bond donors (Lipinski definition) is 1. The fourth-order valence-electron chi connectivity index (χ4n) is 4.18. The first kappa shape index (κ1) is 24.3. The maximum atomic E-state index is 13.3. The number of rotatable bonds is 10. The summed E-state index contributed by atoms with van der Waals surface area (Å²) in [6.45, 7) is 3.95. The number of para-hydroxylation sites is 1. The molecule has 9 heteroatoms. The third-order valence-electron chi connectivity index (χ3n) is 5.79. The van der Waals surface area contributed by atoms with Gasteiger partial charge in [0.2, 0.25) is 12.7 Å². The van der Waals surface area contributed by atoms with Crippen molar-refractivity contribution < 1.29 is 19.1 Å². The first-order valence-corrected chi connectivity index (χ1v) is 11.8. The number of benzene rings is 2. The summed E-state index contributed by atoms with van der Waals surface area (Å²) in [6, 6.07) is 12.2. The number of unbranched alkanes of at least 4 members (excludes halogenated alkanes) is 1. The summed E-state index contributed by atoms with van der Waals surface area (Å²) >= 11 is 0. The molecule has 1 aliphatic rings. The Morgan fingerprint density at radius 3 is 2.57 bits per heavy atom. The second-order valence-electron chi connectivity index (χ2n) is 8.93. The zero-order chi connectivity index (χ0) is 24.9. The molecule has 0 fully saturated rings. The van der Waals surface area contributed by atoms with E-state index in [1.807, 2.05) is 13.8 Å². The van der Waals surface area contributed by atoms with Gasteiger partial charge in [-0.15, -0.1) is 0 Å². The average molecular weight is 480 g/mol. The van der Waals surface area contributed by atoms with E-state index in [4.69, 9.17) is 9.47 Å². The number of carbonyl (C=O) groups excluding carboxylic acids is 2. The van der Waals surface area contributed by atoms with Gasteiger partial charge in [-0.25, -0.2) is 4.79 Å². The second-order valence-corrected chi connectivity index (χ2v) is 8.93. The SMILES string of the molecule is CC(C)NC(=O)CCCCn1c(=O)c2ccccc2n(CC(=O)Cc2ccc3c(c2)OCO3)c1=O. The normalized spacial score (nSPS) is 12.3. The molecule has 2 aromatic carbocycles. The monoisotopic (exact) mass is 479 g/mol. The van der Waals surface area contributed by atoms with Gasteiger partial charge in [0.1, 0.15) is 0 Å². The smallest absolute Gasteiger partial charge is 0.331 e. The Kier molecular flexibility index (Phi) is 7.33. The molecule has 0 bridgehead atoms. The van der Waals surface area contributed by atoms with Crippen molar-refractivity contribution in [1.29, 1.82) is 0 Å². The minimum absolute atomic E-state index is 0.0580. The van der Waals surface area contributed by atoms with Crippen LogP contribution in [-0.2, 0) is 29.1 Å². The first-order chi connectivity index (χ1) is 16.8. The van der Waals surface area contributed by atoms with Crippen LogP contribution in [0.2, 0.25) is 0 Å². The van der Waals surface area contributed by atoms with Crippen molar-refractivity contribution >= 4 is 22.6 Å². The van der Waals surface area contributed by atoms with Crippen molar-refractivity contribution in [3.8, 4) is 11.5 Å². The molecule has 3 aromatic rings. The van der Waals surface area contributed by atoms with E-state index in [0.29, 0.717) is 41.7 Å². The molecule has 35 heavy (non-hydrogen) atoms. The molecule has 9 nitrogen and oxygen atoms in total. The number of amides is 1. The third-order valence-corrected chi connectivity index (χ3v) is 5.79. The number of aromatic nitrogens is 2. The van der Waals surface area contributed by atoms with E-state index < -0.39 is 11.2 Å². The number of nitrogens with zero attached hydrogens (tertiary/aromatic N) is 2. The van der Waals surface area contributed by atoms with Crippen LogP contribution in [0, 0.1) is 0 Å². The van der Waals surface area contributed by atoms with Crippen LogP contribution < -0.4 is 26.0 Å². The van der Waals surface area contributed by atoms with Crippen molar-refractivity contribution in [2.75, 3.05) is 6.79 Å². The Morgan fingerprint density at radius 2 is 1.77 bits per heavy atom. The van der Waals surface area contributed by atoms with E-state index in [2.05, 4.69) is 5.32 Å². The van der Waals surface area contributed by atoms with Crippen molar-refractivity contribution in [3.63, 3.8) is 0 Å². The fourth-order valence-corrected chi connectivity index (χ4v) is 4.18. The van der Waals surface area contributed by atoms with Gasteiger partial charge in [0.15, 0.2) is 17.3 Å². The lowest BCUT2D eigenvalue weighted by molar-refractivity contribution is -0.121. The Bertz CT molecular complexity index is 1370. The van der Waals surface area contributed by atoms with Crippen LogP contribution in [0.5, 0.6) is 11.5 Å². The molecule has 0 spiro atoms. The van der Waals surface area contributed by atoms with E-state index >= 15 is 0 Å². The van der Waals surface area contributed by atoms with Gasteiger partial charge in [-0.05, 0) is 56.5 Å². The molecule has 1 amide bonds. The van der Waals surface area contributed by atoms with E-state index in [9.17, 15) is 19.2 Å². The van der Waals surface area contributed by atoms with E-state index in [1.165, 1.54) is 4.57 Å². The van der Waals surface area contributed by atoms with Crippen molar-refractivity contribution in [2.45, 2.75) is 58.7 Å². The van der Waals surface area contributed by atoms with E-state index in [0.717, 1.165) is 10.1 Å². The molecule has 0 saturated carbocycles. The van der Waals surface area contributed by atoms with Crippen LogP contribution in [0.15, 0.2) is 52.1 Å². The second kappa shape index (κ2) is 10.6. The predicted molar refractivity (Wildman–Crippen MR) is 131 cm³/mol. The van der Waals surface area contributed by atoms with Gasteiger partial charge >= 0.3 is 5.69 Å². The molecule has 1 aromatic heterocycles. The average Bonchev–Trinajstić information content (AvgIpc) is 3.29. The largest absolute Gasteiger partial charge is 0.454 e. The van der Waals surface area contributed by atoms with Crippen molar-refractivity contribution in [1.82, 2.24) is 14.5 Å². The summed E-state index contributed by atoms with van der Waals surface area (Å²) in [6.07, 6.45) is 1.47. The highest BCUT2D eigenvalue weighted by Gasteiger charge is 2.18. The van der Waals surface area contributed by atoms with E-state index in [1.54, 1.807) is 42.5 Å². The summed E-state index contributed by atoms with van der Waals surface area (Å²) in [5.74, 6) is 0.995. The van der Waals surface area contributed by atoms with Crippen LogP contribution in [0.1, 0.15) is 38.7 Å². The van der Waals surface area contributed by atoms with Crippen LogP contribution >= 0.6 is 0 Å². The summed E-state index contributed by atoms with van der Waals surface area (Å²) < 4.78 is 13.2. The predicted octanol–water partition coefficient (Wildman–Crippen LogP) is 2.40. The molecular formula is C26H29N3O6. The number of ketones is 1. The topological polar surface area (TPSA) is 109 Å². The molecule has 0 aliphatic carbocycles. The molecule has 2 heterocycles. The Hall–Kier alpha value is -3.88. The molecule has 4 rings (SSSR count). The van der Waals surface area contributed by atoms with Gasteiger partial charge in [-0.2, -0.15) is 0 Å². The molecular weight excluding hydrogens is 450 g/mol. The molecule has 1 N–H and O–H groups in total. The lowest BCUT2D eigenvalue weighted by Crippen LogP contribution is -2.41. The van der Waals surface area contributed by atoms with Crippen LogP contribution in [0.4, 0.5) is 0 Å². The standard InChI is InChI=1S/C26H29N3O6/c1-17(2)27-24(31)9-5-6-12-28-25(32)20-7-3-4-8-21(20)29(26(28)33)15-19(30)13-18-10-11-22-23(14-18)35-16-34-22/h3-4,7-8,10-11,14,17H,5-6,9,12-13,15-16H2,1-2H3,(H,27,31). The number of hydrogen-bond acceptors (Lipinski definition) is 6. The van der Waals surface area contributed by atoms with Crippen LogP contribution in [-0.4, -0.2) is 33.7 Å². The fraction of sp³-hybridized carbons (Fsp3) is 0.385. The maximum Gasteiger partial charge on any atom is 0.331 e. The number of nitrogens with one attached hydrogen (secondary N) is 1. The number of carbonyl (C=O) groups is 2. The van der Waals surface area contributed by atoms with Gasteiger partial charge < -0.3 is 14.8 Å².